The van der Waals surface area contributed by atoms with Crippen molar-refractivity contribution in [2.24, 2.45) is 0 Å². The SMILES string of the molecule is [C-]#[N+]c1ccc(Oc2ccc(C(C)(C)c3ccc(Oc4ccc(Oc5ccc(C(C)(C)c6ccc(Oc7ccc(C#N)c(C#N)c7)cc6)cc5)cc4)cc3)cc2)cc1[N+]#[C-]. The molecule has 8 nitrogen and oxygen atoms in total. The van der Waals surface area contributed by atoms with Crippen LogP contribution in [0.25, 0.3) is 9.69 Å². The quantitative estimate of drug-likeness (QED) is 0.115. The Bertz CT molecular complexity index is 2620. The molecule has 0 spiro atoms. The van der Waals surface area contributed by atoms with Crippen molar-refractivity contribution in [3.8, 4) is 58.1 Å². The average Bonchev–Trinajstić information content (AvgIpc) is 3.27. The average molecular weight is 783 g/mol. The summed E-state index contributed by atoms with van der Waals surface area (Å²) in [7, 11) is 0. The van der Waals surface area contributed by atoms with Crippen LogP contribution in [-0.4, -0.2) is 0 Å². The minimum absolute atomic E-state index is 0.270. The molecule has 0 aliphatic rings. The molecule has 0 unspecified atom stereocenters. The number of nitriles is 2. The first-order chi connectivity index (χ1) is 29.0. The summed E-state index contributed by atoms with van der Waals surface area (Å²) >= 11 is 0. The van der Waals surface area contributed by atoms with E-state index in [-0.39, 0.29) is 22.1 Å². The Morgan fingerprint density at radius 1 is 0.367 bits per heavy atom. The molecule has 0 fully saturated rings. The minimum atomic E-state index is -0.297. The van der Waals surface area contributed by atoms with E-state index in [1.54, 1.807) is 36.4 Å². The number of hydrogen-bond donors (Lipinski definition) is 0. The summed E-state index contributed by atoms with van der Waals surface area (Å²) in [6.07, 6.45) is 0. The second kappa shape index (κ2) is 17.1. The highest BCUT2D eigenvalue weighted by Gasteiger charge is 2.25. The second-order valence-corrected chi connectivity index (χ2v) is 15.0. The second-order valence-electron chi connectivity index (χ2n) is 15.0. The molecule has 0 bridgehead atoms. The van der Waals surface area contributed by atoms with Crippen molar-refractivity contribution >= 4 is 11.4 Å². The topological polar surface area (TPSA) is 93.2 Å². The van der Waals surface area contributed by atoms with Gasteiger partial charge in [0.2, 0.25) is 0 Å². The van der Waals surface area contributed by atoms with Gasteiger partial charge in [-0.1, -0.05) is 82.3 Å². The van der Waals surface area contributed by atoms with E-state index in [9.17, 15) is 10.5 Å². The summed E-state index contributed by atoms with van der Waals surface area (Å²) in [5.74, 6) is 5.10. The number of ether oxygens (including phenoxy) is 4. The molecule has 0 saturated heterocycles. The van der Waals surface area contributed by atoms with Gasteiger partial charge in [0.25, 0.3) is 0 Å². The Balaban J connectivity index is 0.927. The van der Waals surface area contributed by atoms with Crippen LogP contribution in [0.15, 0.2) is 158 Å². The zero-order valence-electron chi connectivity index (χ0n) is 33.4. The van der Waals surface area contributed by atoms with Crippen LogP contribution in [0.2, 0.25) is 0 Å². The van der Waals surface area contributed by atoms with E-state index in [2.05, 4.69) is 61.7 Å². The normalized spacial score (nSPS) is 10.9. The van der Waals surface area contributed by atoms with Gasteiger partial charge in [0.05, 0.1) is 24.3 Å². The summed E-state index contributed by atoms with van der Waals surface area (Å²) in [6.45, 7) is 23.2. The molecule has 0 N–H and O–H groups in total. The predicted molar refractivity (Wildman–Crippen MR) is 232 cm³/mol. The van der Waals surface area contributed by atoms with Crippen molar-refractivity contribution in [3.05, 3.63) is 214 Å². The lowest BCUT2D eigenvalue weighted by molar-refractivity contribution is 0.468. The van der Waals surface area contributed by atoms with Gasteiger partial charge in [-0.3, -0.25) is 4.85 Å². The van der Waals surface area contributed by atoms with E-state index < -0.39 is 0 Å². The molecule has 60 heavy (non-hydrogen) atoms. The van der Waals surface area contributed by atoms with Crippen LogP contribution in [0.3, 0.4) is 0 Å². The van der Waals surface area contributed by atoms with Crippen LogP contribution < -0.4 is 18.9 Å². The van der Waals surface area contributed by atoms with Crippen LogP contribution in [0.1, 0.15) is 61.1 Å². The van der Waals surface area contributed by atoms with Gasteiger partial charge in [0.15, 0.2) is 11.4 Å². The van der Waals surface area contributed by atoms with Gasteiger partial charge in [-0.2, -0.15) is 10.5 Å². The summed E-state index contributed by atoms with van der Waals surface area (Å²) in [4.78, 5) is 6.81. The molecule has 7 aromatic rings. The van der Waals surface area contributed by atoms with Crippen molar-refractivity contribution < 1.29 is 18.9 Å². The number of nitrogens with zero attached hydrogens (tertiary/aromatic N) is 4. The summed E-state index contributed by atoms with van der Waals surface area (Å²) < 4.78 is 24.3. The van der Waals surface area contributed by atoms with Gasteiger partial charge in [-0.05, 0) is 125 Å². The van der Waals surface area contributed by atoms with E-state index >= 15 is 0 Å². The smallest absolute Gasteiger partial charge is 0.198 e. The van der Waals surface area contributed by atoms with Crippen molar-refractivity contribution in [3.63, 3.8) is 0 Å². The van der Waals surface area contributed by atoms with Crippen LogP contribution in [0.5, 0.6) is 46.0 Å². The lowest BCUT2D eigenvalue weighted by atomic mass is 9.78. The van der Waals surface area contributed by atoms with E-state index in [4.69, 9.17) is 32.1 Å². The molecular weight excluding hydrogens is 745 g/mol. The van der Waals surface area contributed by atoms with E-state index in [1.807, 2.05) is 109 Å². The van der Waals surface area contributed by atoms with E-state index in [0.717, 1.165) is 28.0 Å². The van der Waals surface area contributed by atoms with Gasteiger partial charge >= 0.3 is 0 Å². The molecule has 290 valence electrons. The van der Waals surface area contributed by atoms with Crippen molar-refractivity contribution in [1.82, 2.24) is 0 Å². The van der Waals surface area contributed by atoms with Gasteiger partial charge in [0, 0.05) is 10.8 Å². The standard InChI is InChI=1S/C52H38N4O4/c1-51(2,39-12-21-43(22-13-39)59-47-16-7-35(33-53)36(31-47)34-54)37-8-17-41(18-9-37)57-45-25-27-46(28-26-45)58-42-19-10-38(11-20-42)52(3,4)40-14-23-44(24-15-40)60-48-29-30-49(55-5)50(32-48)56-6/h7-32H,1-4H3. The van der Waals surface area contributed by atoms with Gasteiger partial charge in [0.1, 0.15) is 58.1 Å². The van der Waals surface area contributed by atoms with Crippen LogP contribution in [-0.2, 0) is 10.8 Å². The lowest BCUT2D eigenvalue weighted by Crippen LogP contribution is -2.18. The summed E-state index contributed by atoms with van der Waals surface area (Å²) in [5, 5.41) is 18.5. The first kappa shape index (κ1) is 39.9. The Labute approximate surface area is 350 Å². The largest absolute Gasteiger partial charge is 0.459 e. The third-order valence-corrected chi connectivity index (χ3v) is 10.5. The Morgan fingerprint density at radius 3 is 0.983 bits per heavy atom. The first-order valence-electron chi connectivity index (χ1n) is 19.1. The van der Waals surface area contributed by atoms with Crippen LogP contribution >= 0.6 is 0 Å². The molecule has 0 saturated carbocycles. The fraction of sp³-hybridized carbons (Fsp3) is 0.115. The molecule has 0 aliphatic heterocycles. The Morgan fingerprint density at radius 2 is 0.650 bits per heavy atom. The molecule has 0 aliphatic carbocycles. The predicted octanol–water partition coefficient (Wildman–Crippen LogP) is 14.4. The Kier molecular flexibility index (Phi) is 11.3. The maximum atomic E-state index is 9.33. The summed E-state index contributed by atoms with van der Waals surface area (Å²) in [6, 6.07) is 53.2. The third kappa shape index (κ3) is 8.81. The van der Waals surface area contributed by atoms with Gasteiger partial charge in [-0.25, -0.2) is 4.85 Å². The number of benzene rings is 7. The maximum absolute atomic E-state index is 9.33. The summed E-state index contributed by atoms with van der Waals surface area (Å²) in [5.41, 5.74) is 5.04. The first-order valence-corrected chi connectivity index (χ1v) is 19.1. The third-order valence-electron chi connectivity index (χ3n) is 10.5. The number of rotatable bonds is 12. The van der Waals surface area contributed by atoms with Crippen molar-refractivity contribution in [2.75, 3.05) is 0 Å². The van der Waals surface area contributed by atoms with Crippen molar-refractivity contribution in [1.29, 1.82) is 10.5 Å². The molecule has 0 amide bonds. The molecule has 0 aromatic heterocycles. The molecule has 0 heterocycles. The molecule has 7 aromatic carbocycles. The number of hydrogen-bond acceptors (Lipinski definition) is 6. The van der Waals surface area contributed by atoms with Crippen molar-refractivity contribution in [2.45, 2.75) is 38.5 Å². The molecular formula is C52H38N4O4. The lowest BCUT2D eigenvalue weighted by Gasteiger charge is -2.26. The highest BCUT2D eigenvalue weighted by Crippen LogP contribution is 2.38. The van der Waals surface area contributed by atoms with E-state index in [1.165, 1.54) is 0 Å². The Hall–Kier alpha value is -8.30. The van der Waals surface area contributed by atoms with Crippen LogP contribution in [0.4, 0.5) is 11.4 Å². The van der Waals surface area contributed by atoms with Gasteiger partial charge < -0.3 is 18.9 Å². The highest BCUT2D eigenvalue weighted by atomic mass is 16.5. The molecule has 7 rings (SSSR count). The molecule has 8 heteroatoms. The molecule has 0 atom stereocenters. The van der Waals surface area contributed by atoms with Crippen LogP contribution in [0, 0.1) is 35.8 Å². The fourth-order valence-corrected chi connectivity index (χ4v) is 6.74. The highest BCUT2D eigenvalue weighted by molar-refractivity contribution is 5.72. The zero-order chi connectivity index (χ0) is 42.3. The zero-order valence-corrected chi connectivity index (χ0v) is 33.4. The maximum Gasteiger partial charge on any atom is 0.198 e. The monoisotopic (exact) mass is 782 g/mol. The molecule has 0 radical (unpaired) electrons. The van der Waals surface area contributed by atoms with E-state index in [0.29, 0.717) is 51.5 Å². The minimum Gasteiger partial charge on any atom is -0.459 e. The van der Waals surface area contributed by atoms with Gasteiger partial charge in [-0.15, -0.1) is 0 Å². The fourth-order valence-electron chi connectivity index (χ4n) is 6.74.